The van der Waals surface area contributed by atoms with Gasteiger partial charge in [-0.2, -0.15) is 0 Å². The highest BCUT2D eigenvalue weighted by molar-refractivity contribution is 7.27. The van der Waals surface area contributed by atoms with Gasteiger partial charge in [0.25, 0.3) is 5.91 Å². The van der Waals surface area contributed by atoms with E-state index in [-0.39, 0.29) is 5.91 Å². The number of hydrogen-bond acceptors (Lipinski definition) is 3. The molecule has 2 nitrogen and oxygen atoms in total. The predicted octanol–water partition coefficient (Wildman–Crippen LogP) is 4.05. The van der Waals surface area contributed by atoms with Crippen LogP contribution in [0.25, 0.3) is 9.40 Å². The summed E-state index contributed by atoms with van der Waals surface area (Å²) in [5.41, 5.74) is 0. The van der Waals surface area contributed by atoms with Crippen LogP contribution >= 0.6 is 34.3 Å². The van der Waals surface area contributed by atoms with Crippen LogP contribution in [0.3, 0.4) is 0 Å². The fourth-order valence-electron chi connectivity index (χ4n) is 1.68. The molecule has 0 N–H and O–H groups in total. The van der Waals surface area contributed by atoms with Gasteiger partial charge in [-0.3, -0.25) is 4.79 Å². The molecule has 2 aromatic rings. The summed E-state index contributed by atoms with van der Waals surface area (Å²) in [7, 11) is 0. The van der Waals surface area contributed by atoms with E-state index in [2.05, 4.69) is 11.4 Å². The Kier molecular flexibility index (Phi) is 4.42. The monoisotopic (exact) mass is 287 g/mol. The fraction of sp³-hybridized carbons (Fsp3) is 0.417. The molecule has 0 fully saturated rings. The van der Waals surface area contributed by atoms with Crippen molar-refractivity contribution in [2.45, 2.75) is 13.3 Å². The quantitative estimate of drug-likeness (QED) is 0.760. The summed E-state index contributed by atoms with van der Waals surface area (Å²) in [6.07, 6.45) is 0.848. The maximum atomic E-state index is 12.2. The number of thiophene rings is 2. The van der Waals surface area contributed by atoms with Gasteiger partial charge in [-0.1, -0.05) is 0 Å². The lowest BCUT2D eigenvalue weighted by molar-refractivity contribution is 0.0770. The first kappa shape index (κ1) is 12.9. The molecule has 0 spiro atoms. The third-order valence-electron chi connectivity index (χ3n) is 2.58. The van der Waals surface area contributed by atoms with Crippen molar-refractivity contribution in [2.75, 3.05) is 19.0 Å². The lowest BCUT2D eigenvalue weighted by Gasteiger charge is -2.19. The molecule has 0 saturated heterocycles. The summed E-state index contributed by atoms with van der Waals surface area (Å²) >= 11 is 8.92. The number of hydrogen-bond donors (Lipinski definition) is 0. The summed E-state index contributed by atoms with van der Waals surface area (Å²) in [6.45, 7) is 3.48. The minimum atomic E-state index is 0.131. The van der Waals surface area contributed by atoms with E-state index < -0.39 is 0 Å². The zero-order chi connectivity index (χ0) is 12.3. The molecule has 0 aliphatic carbocycles. The summed E-state index contributed by atoms with van der Waals surface area (Å²) in [5.74, 6) is 0.731. The maximum absolute atomic E-state index is 12.2. The number of amides is 1. The van der Waals surface area contributed by atoms with E-state index in [4.69, 9.17) is 11.6 Å². The van der Waals surface area contributed by atoms with Crippen LogP contribution in [-0.4, -0.2) is 29.8 Å². The van der Waals surface area contributed by atoms with Gasteiger partial charge >= 0.3 is 0 Å². The van der Waals surface area contributed by atoms with E-state index in [0.29, 0.717) is 5.88 Å². The van der Waals surface area contributed by atoms with Gasteiger partial charge in [-0.15, -0.1) is 34.3 Å². The van der Waals surface area contributed by atoms with Gasteiger partial charge in [0.05, 0.1) is 4.88 Å². The minimum Gasteiger partial charge on any atom is -0.338 e. The van der Waals surface area contributed by atoms with Crippen molar-refractivity contribution in [1.82, 2.24) is 4.90 Å². The van der Waals surface area contributed by atoms with Gasteiger partial charge in [0.15, 0.2) is 0 Å². The summed E-state index contributed by atoms with van der Waals surface area (Å²) in [6, 6.07) is 4.06. The van der Waals surface area contributed by atoms with Gasteiger partial charge in [-0.05, 0) is 30.9 Å². The van der Waals surface area contributed by atoms with Crippen LogP contribution in [0.15, 0.2) is 17.5 Å². The molecule has 5 heteroatoms. The van der Waals surface area contributed by atoms with Crippen molar-refractivity contribution in [3.8, 4) is 0 Å². The van der Waals surface area contributed by atoms with Gasteiger partial charge < -0.3 is 4.90 Å². The fourth-order valence-corrected chi connectivity index (χ4v) is 3.88. The largest absolute Gasteiger partial charge is 0.338 e. The van der Waals surface area contributed by atoms with Gasteiger partial charge in [0.2, 0.25) is 0 Å². The first-order valence-corrected chi connectivity index (χ1v) is 7.81. The standard InChI is InChI=1S/C12H14ClNOS2/c1-2-14(6-3-5-13)12(15)11-8-10-9(17-11)4-7-16-10/h4,7-8H,2-3,5-6H2,1H3. The summed E-state index contributed by atoms with van der Waals surface area (Å²) in [5, 5.41) is 2.06. The Bertz CT molecular complexity index is 477. The van der Waals surface area contributed by atoms with Gasteiger partial charge in [0.1, 0.15) is 0 Å². The topological polar surface area (TPSA) is 20.3 Å². The Labute approximate surface area is 114 Å². The molecule has 2 aromatic heterocycles. The van der Waals surface area contributed by atoms with Crippen molar-refractivity contribution in [2.24, 2.45) is 0 Å². The molecule has 0 aliphatic rings. The molecule has 0 aliphatic heterocycles. The Morgan fingerprint density at radius 3 is 2.94 bits per heavy atom. The molecule has 17 heavy (non-hydrogen) atoms. The highest BCUT2D eigenvalue weighted by Crippen LogP contribution is 2.30. The highest BCUT2D eigenvalue weighted by Gasteiger charge is 2.16. The number of alkyl halides is 1. The van der Waals surface area contributed by atoms with Crippen LogP contribution in [0, 0.1) is 0 Å². The Balaban J connectivity index is 2.14. The number of halogens is 1. The number of fused-ring (bicyclic) bond motifs is 1. The maximum Gasteiger partial charge on any atom is 0.263 e. The second-order valence-electron chi connectivity index (χ2n) is 3.69. The third kappa shape index (κ3) is 2.81. The van der Waals surface area contributed by atoms with Crippen LogP contribution < -0.4 is 0 Å². The van der Waals surface area contributed by atoms with Crippen LogP contribution in [0.2, 0.25) is 0 Å². The predicted molar refractivity (Wildman–Crippen MR) is 76.6 cm³/mol. The molecular weight excluding hydrogens is 274 g/mol. The van der Waals surface area contributed by atoms with Crippen molar-refractivity contribution < 1.29 is 4.79 Å². The van der Waals surface area contributed by atoms with E-state index >= 15 is 0 Å². The smallest absolute Gasteiger partial charge is 0.263 e. The molecule has 2 heterocycles. The minimum absolute atomic E-state index is 0.131. The van der Waals surface area contributed by atoms with Crippen LogP contribution in [0.5, 0.6) is 0 Å². The van der Waals surface area contributed by atoms with Gasteiger partial charge in [0, 0.05) is 28.4 Å². The van der Waals surface area contributed by atoms with Crippen LogP contribution in [0.4, 0.5) is 0 Å². The average Bonchev–Trinajstić information content (AvgIpc) is 2.89. The molecule has 92 valence electrons. The van der Waals surface area contributed by atoms with E-state index in [1.54, 1.807) is 22.7 Å². The van der Waals surface area contributed by atoms with E-state index in [1.807, 2.05) is 17.9 Å². The zero-order valence-corrected chi connectivity index (χ0v) is 12.0. The second-order valence-corrected chi connectivity index (χ2v) is 6.10. The number of rotatable bonds is 5. The van der Waals surface area contributed by atoms with Crippen molar-refractivity contribution >= 4 is 49.6 Å². The first-order chi connectivity index (χ1) is 8.26. The SMILES string of the molecule is CCN(CCCCl)C(=O)c1cc2sccc2s1. The Morgan fingerprint density at radius 1 is 1.47 bits per heavy atom. The summed E-state index contributed by atoms with van der Waals surface area (Å²) in [4.78, 5) is 14.9. The zero-order valence-electron chi connectivity index (χ0n) is 9.61. The van der Waals surface area contributed by atoms with E-state index in [0.717, 1.165) is 24.4 Å². The average molecular weight is 288 g/mol. The molecule has 0 saturated carbocycles. The number of carbonyl (C=O) groups is 1. The summed E-state index contributed by atoms with van der Waals surface area (Å²) < 4.78 is 2.40. The van der Waals surface area contributed by atoms with Crippen LogP contribution in [-0.2, 0) is 0 Å². The number of nitrogens with zero attached hydrogens (tertiary/aromatic N) is 1. The molecule has 2 rings (SSSR count). The van der Waals surface area contributed by atoms with Crippen molar-refractivity contribution in [1.29, 1.82) is 0 Å². The van der Waals surface area contributed by atoms with E-state index in [9.17, 15) is 4.79 Å². The molecule has 0 atom stereocenters. The molecule has 0 unspecified atom stereocenters. The lowest BCUT2D eigenvalue weighted by Crippen LogP contribution is -2.31. The van der Waals surface area contributed by atoms with Crippen LogP contribution in [0.1, 0.15) is 23.0 Å². The van der Waals surface area contributed by atoms with Crippen molar-refractivity contribution in [3.63, 3.8) is 0 Å². The van der Waals surface area contributed by atoms with Gasteiger partial charge in [-0.25, -0.2) is 0 Å². The molecular formula is C12H14ClNOS2. The third-order valence-corrected chi connectivity index (χ3v) is 4.93. The normalized spacial score (nSPS) is 10.9. The molecule has 1 amide bonds. The number of carbonyl (C=O) groups excluding carboxylic acids is 1. The van der Waals surface area contributed by atoms with Crippen molar-refractivity contribution in [3.05, 3.63) is 22.4 Å². The highest BCUT2D eigenvalue weighted by atomic mass is 35.5. The Morgan fingerprint density at radius 2 is 2.29 bits per heavy atom. The lowest BCUT2D eigenvalue weighted by atomic mass is 10.3. The first-order valence-electron chi connectivity index (χ1n) is 5.58. The second kappa shape index (κ2) is 5.85. The Hall–Kier alpha value is -0.580. The van der Waals surface area contributed by atoms with E-state index in [1.165, 1.54) is 9.40 Å². The molecule has 0 bridgehead atoms. The molecule has 0 radical (unpaired) electrons. The molecule has 0 aromatic carbocycles.